The van der Waals surface area contributed by atoms with Gasteiger partial charge in [0.05, 0.1) is 12.7 Å². The maximum Gasteiger partial charge on any atom is 0.317 e. The summed E-state index contributed by atoms with van der Waals surface area (Å²) >= 11 is 0. The Morgan fingerprint density at radius 2 is 2.24 bits per heavy atom. The molecule has 8 nitrogen and oxygen atoms in total. The minimum Gasteiger partial charge on any atom is -0.336 e. The number of amides is 2. The molecule has 1 fully saturated rings. The minimum absolute atomic E-state index is 0.0247. The van der Waals surface area contributed by atoms with Crippen LogP contribution in [0.4, 0.5) is 4.79 Å². The molecule has 3 N–H and O–H groups in total. The fourth-order valence-electron chi connectivity index (χ4n) is 1.56. The van der Waals surface area contributed by atoms with Crippen molar-refractivity contribution >= 4 is 16.1 Å². The lowest BCUT2D eigenvalue weighted by Gasteiger charge is -2.13. The summed E-state index contributed by atoms with van der Waals surface area (Å²) < 4.78 is 23.5. The third-order valence-corrected chi connectivity index (χ3v) is 3.35. The molecule has 0 radical (unpaired) electrons. The molecule has 0 atom stereocenters. The van der Waals surface area contributed by atoms with Crippen LogP contribution >= 0.6 is 0 Å². The largest absolute Gasteiger partial charge is 0.336 e. The van der Waals surface area contributed by atoms with Crippen LogP contribution in [-0.4, -0.2) is 48.8 Å². The van der Waals surface area contributed by atoms with Gasteiger partial charge in [-0.2, -0.15) is 5.10 Å². The number of carbonyl (C=O) groups is 1. The normalized spacial score (nSPS) is 16.3. The van der Waals surface area contributed by atoms with Gasteiger partial charge in [0.25, 0.3) is 0 Å². The zero-order valence-electron chi connectivity index (χ0n) is 9.04. The highest BCUT2D eigenvalue weighted by Gasteiger charge is 2.19. The third-order valence-electron chi connectivity index (χ3n) is 2.48. The summed E-state index contributed by atoms with van der Waals surface area (Å²) in [4.78, 5) is 12.8. The van der Waals surface area contributed by atoms with Crippen LogP contribution in [0.2, 0.25) is 0 Å². The van der Waals surface area contributed by atoms with Crippen LogP contribution in [0.15, 0.2) is 17.3 Å². The van der Waals surface area contributed by atoms with E-state index in [-0.39, 0.29) is 10.9 Å². The highest BCUT2D eigenvalue weighted by atomic mass is 32.2. The van der Waals surface area contributed by atoms with Crippen LogP contribution < -0.4 is 10.5 Å². The van der Waals surface area contributed by atoms with Gasteiger partial charge in [0.1, 0.15) is 4.90 Å². The standard InChI is InChI=1S/C8H13N5O3S/c9-17(15,16)7-5-11-13(6-7)4-3-12-2-1-10-8(12)14/h5-6H,1-4H2,(H,10,14)(H2,9,15,16). The van der Waals surface area contributed by atoms with Gasteiger partial charge in [-0.1, -0.05) is 0 Å². The SMILES string of the molecule is NS(=O)(=O)c1cnn(CCN2CCNC2=O)c1. The molecule has 0 spiro atoms. The summed E-state index contributed by atoms with van der Waals surface area (Å²) in [6.07, 6.45) is 2.54. The molecule has 0 saturated carbocycles. The maximum atomic E-state index is 11.2. The molecule has 1 aliphatic rings. The smallest absolute Gasteiger partial charge is 0.317 e. The number of nitrogens with one attached hydrogen (secondary N) is 1. The molecule has 1 aromatic rings. The Morgan fingerprint density at radius 1 is 1.47 bits per heavy atom. The first-order chi connectivity index (χ1) is 7.97. The number of aromatic nitrogens is 2. The molecule has 0 unspecified atom stereocenters. The number of nitrogens with two attached hydrogens (primary N) is 1. The molecule has 0 aromatic carbocycles. The van der Waals surface area contributed by atoms with Gasteiger partial charge in [-0.3, -0.25) is 4.68 Å². The van der Waals surface area contributed by atoms with Crippen LogP contribution in [0.25, 0.3) is 0 Å². The molecule has 0 aliphatic carbocycles. The average molecular weight is 259 g/mol. The molecule has 94 valence electrons. The van der Waals surface area contributed by atoms with Gasteiger partial charge in [-0.15, -0.1) is 0 Å². The number of primary sulfonamides is 1. The second-order valence-corrected chi connectivity index (χ2v) is 5.26. The van der Waals surface area contributed by atoms with Crippen molar-refractivity contribution in [3.05, 3.63) is 12.4 Å². The van der Waals surface area contributed by atoms with E-state index in [0.717, 1.165) is 0 Å². The number of sulfonamides is 1. The van der Waals surface area contributed by atoms with Gasteiger partial charge in [0.2, 0.25) is 10.0 Å². The fraction of sp³-hybridized carbons (Fsp3) is 0.500. The Kier molecular flexibility index (Phi) is 3.03. The van der Waals surface area contributed by atoms with Crippen LogP contribution in [-0.2, 0) is 16.6 Å². The Labute approximate surface area is 98.4 Å². The topological polar surface area (TPSA) is 110 Å². The van der Waals surface area contributed by atoms with Crippen molar-refractivity contribution in [2.24, 2.45) is 5.14 Å². The van der Waals surface area contributed by atoms with E-state index in [2.05, 4.69) is 10.4 Å². The molecule has 1 aromatic heterocycles. The molecule has 1 saturated heterocycles. The number of nitrogens with zero attached hydrogens (tertiary/aromatic N) is 3. The number of urea groups is 1. The lowest BCUT2D eigenvalue weighted by molar-refractivity contribution is 0.215. The average Bonchev–Trinajstić information content (AvgIpc) is 2.82. The van der Waals surface area contributed by atoms with Crippen LogP contribution in [0, 0.1) is 0 Å². The van der Waals surface area contributed by atoms with E-state index in [1.807, 2.05) is 0 Å². The van der Waals surface area contributed by atoms with Gasteiger partial charge in [0, 0.05) is 25.8 Å². The highest BCUT2D eigenvalue weighted by Crippen LogP contribution is 2.04. The minimum atomic E-state index is -3.71. The number of rotatable bonds is 4. The second-order valence-electron chi connectivity index (χ2n) is 3.70. The van der Waals surface area contributed by atoms with Crippen molar-refractivity contribution in [3.8, 4) is 0 Å². The van der Waals surface area contributed by atoms with Crippen LogP contribution in [0.5, 0.6) is 0 Å². The Bertz CT molecular complexity index is 523. The van der Waals surface area contributed by atoms with Crippen LogP contribution in [0.3, 0.4) is 0 Å². The molecule has 17 heavy (non-hydrogen) atoms. The first-order valence-corrected chi connectivity index (χ1v) is 6.59. The van der Waals surface area contributed by atoms with Gasteiger partial charge in [-0.25, -0.2) is 18.4 Å². The highest BCUT2D eigenvalue weighted by molar-refractivity contribution is 7.89. The molecule has 0 bridgehead atoms. The van der Waals surface area contributed by atoms with Gasteiger partial charge < -0.3 is 10.2 Å². The lowest BCUT2D eigenvalue weighted by Crippen LogP contribution is -2.31. The zero-order chi connectivity index (χ0) is 12.5. The Hall–Kier alpha value is -1.61. The maximum absolute atomic E-state index is 11.2. The van der Waals surface area contributed by atoms with E-state index < -0.39 is 10.0 Å². The van der Waals surface area contributed by atoms with E-state index in [1.54, 1.807) is 4.90 Å². The Balaban J connectivity index is 1.96. The summed E-state index contributed by atoms with van der Waals surface area (Å²) in [7, 11) is -3.71. The third kappa shape index (κ3) is 2.74. The molecule has 2 amide bonds. The quantitative estimate of drug-likeness (QED) is 0.689. The zero-order valence-corrected chi connectivity index (χ0v) is 9.85. The van der Waals surface area contributed by atoms with E-state index in [4.69, 9.17) is 5.14 Å². The van der Waals surface area contributed by atoms with Crippen molar-refractivity contribution in [2.75, 3.05) is 19.6 Å². The molecule has 2 heterocycles. The predicted molar refractivity (Wildman–Crippen MR) is 58.6 cm³/mol. The first kappa shape index (κ1) is 11.9. The molecule has 9 heteroatoms. The van der Waals surface area contributed by atoms with E-state index in [0.29, 0.717) is 26.2 Å². The summed E-state index contributed by atoms with van der Waals surface area (Å²) in [5.41, 5.74) is 0. The van der Waals surface area contributed by atoms with Crippen molar-refractivity contribution in [2.45, 2.75) is 11.4 Å². The van der Waals surface area contributed by atoms with E-state index in [9.17, 15) is 13.2 Å². The number of hydrogen-bond donors (Lipinski definition) is 2. The van der Waals surface area contributed by atoms with Crippen molar-refractivity contribution in [1.82, 2.24) is 20.0 Å². The summed E-state index contributed by atoms with van der Waals surface area (Å²) in [6.45, 7) is 2.21. The van der Waals surface area contributed by atoms with Gasteiger partial charge in [0.15, 0.2) is 0 Å². The van der Waals surface area contributed by atoms with E-state index >= 15 is 0 Å². The molecule has 2 rings (SSSR count). The first-order valence-electron chi connectivity index (χ1n) is 5.05. The van der Waals surface area contributed by atoms with Crippen molar-refractivity contribution in [3.63, 3.8) is 0 Å². The summed E-state index contributed by atoms with van der Waals surface area (Å²) in [6, 6.07) is -0.108. The van der Waals surface area contributed by atoms with Gasteiger partial charge >= 0.3 is 6.03 Å². The fourth-order valence-corrected chi connectivity index (χ4v) is 2.02. The van der Waals surface area contributed by atoms with Crippen LogP contribution in [0.1, 0.15) is 0 Å². The van der Waals surface area contributed by atoms with Gasteiger partial charge in [-0.05, 0) is 0 Å². The summed E-state index contributed by atoms with van der Waals surface area (Å²) in [5.74, 6) is 0. The summed E-state index contributed by atoms with van der Waals surface area (Å²) in [5, 5.41) is 11.5. The van der Waals surface area contributed by atoms with Crippen molar-refractivity contribution < 1.29 is 13.2 Å². The number of carbonyl (C=O) groups excluding carboxylic acids is 1. The Morgan fingerprint density at radius 3 is 2.76 bits per heavy atom. The number of hydrogen-bond acceptors (Lipinski definition) is 4. The monoisotopic (exact) mass is 259 g/mol. The van der Waals surface area contributed by atoms with Crippen molar-refractivity contribution in [1.29, 1.82) is 0 Å². The van der Waals surface area contributed by atoms with E-state index in [1.165, 1.54) is 17.1 Å². The molecular formula is C8H13N5O3S. The predicted octanol–water partition coefficient (Wildman–Crippen LogP) is -1.44. The second kappa shape index (κ2) is 4.34. The molecule has 1 aliphatic heterocycles. The molecular weight excluding hydrogens is 246 g/mol. The lowest BCUT2D eigenvalue weighted by atomic mass is 10.5.